The molecular weight excluding hydrogens is 247 g/mol. The SMILES string of the molecule is CCOC(C(O)c1cccc(OC)c1F)C(C)(C)C. The number of benzene rings is 1. The summed E-state index contributed by atoms with van der Waals surface area (Å²) in [5.74, 6) is -0.410. The minimum atomic E-state index is -1.03. The van der Waals surface area contributed by atoms with E-state index in [0.717, 1.165) is 0 Å². The number of methoxy groups -OCH3 is 1. The first-order valence-corrected chi connectivity index (χ1v) is 6.45. The first-order valence-electron chi connectivity index (χ1n) is 6.45. The number of aliphatic hydroxyl groups is 1. The van der Waals surface area contributed by atoms with E-state index < -0.39 is 18.0 Å². The number of rotatable bonds is 5. The van der Waals surface area contributed by atoms with Gasteiger partial charge in [0, 0.05) is 12.2 Å². The third kappa shape index (κ3) is 3.67. The fraction of sp³-hybridized carbons (Fsp3) is 0.600. The van der Waals surface area contributed by atoms with Crippen molar-refractivity contribution in [1.82, 2.24) is 0 Å². The highest BCUT2D eigenvalue weighted by Crippen LogP contribution is 2.35. The van der Waals surface area contributed by atoms with Crippen LogP contribution in [0.5, 0.6) is 5.75 Å². The molecule has 3 nitrogen and oxygen atoms in total. The summed E-state index contributed by atoms with van der Waals surface area (Å²) in [6.45, 7) is 8.18. The van der Waals surface area contributed by atoms with E-state index in [1.807, 2.05) is 27.7 Å². The zero-order valence-electron chi connectivity index (χ0n) is 12.2. The molecule has 0 radical (unpaired) electrons. The Hall–Kier alpha value is -1.13. The van der Waals surface area contributed by atoms with Gasteiger partial charge in [-0.2, -0.15) is 0 Å². The summed E-state index contributed by atoms with van der Waals surface area (Å²) < 4.78 is 24.7. The van der Waals surface area contributed by atoms with Gasteiger partial charge in [0.1, 0.15) is 6.10 Å². The van der Waals surface area contributed by atoms with Crippen LogP contribution in [0.15, 0.2) is 18.2 Å². The molecule has 0 bridgehead atoms. The standard InChI is InChI=1S/C15H23FO3/c1-6-19-14(15(2,3)4)13(17)10-8-7-9-11(18-5)12(10)16/h7-9,13-14,17H,6H2,1-5H3. The smallest absolute Gasteiger partial charge is 0.170 e. The molecule has 2 unspecified atom stereocenters. The van der Waals surface area contributed by atoms with Crippen molar-refractivity contribution in [1.29, 1.82) is 0 Å². The van der Waals surface area contributed by atoms with Crippen molar-refractivity contribution in [2.24, 2.45) is 5.41 Å². The zero-order valence-corrected chi connectivity index (χ0v) is 12.2. The second-order valence-corrected chi connectivity index (χ2v) is 5.55. The highest BCUT2D eigenvalue weighted by atomic mass is 19.1. The van der Waals surface area contributed by atoms with Gasteiger partial charge in [0.2, 0.25) is 0 Å². The van der Waals surface area contributed by atoms with E-state index >= 15 is 0 Å². The van der Waals surface area contributed by atoms with Gasteiger partial charge in [0.05, 0.1) is 13.2 Å². The van der Waals surface area contributed by atoms with Crippen LogP contribution in [0, 0.1) is 11.2 Å². The lowest BCUT2D eigenvalue weighted by Crippen LogP contribution is -2.35. The van der Waals surface area contributed by atoms with Crippen LogP contribution in [-0.2, 0) is 4.74 Å². The van der Waals surface area contributed by atoms with E-state index in [0.29, 0.717) is 6.61 Å². The molecule has 1 N–H and O–H groups in total. The largest absolute Gasteiger partial charge is 0.494 e. The van der Waals surface area contributed by atoms with E-state index in [1.54, 1.807) is 12.1 Å². The van der Waals surface area contributed by atoms with Crippen LogP contribution in [0.3, 0.4) is 0 Å². The molecule has 0 aliphatic heterocycles. The summed E-state index contributed by atoms with van der Waals surface area (Å²) in [5, 5.41) is 10.4. The number of ether oxygens (including phenoxy) is 2. The quantitative estimate of drug-likeness (QED) is 0.892. The molecule has 0 fully saturated rings. The lowest BCUT2D eigenvalue weighted by atomic mass is 9.83. The maximum Gasteiger partial charge on any atom is 0.170 e. The highest BCUT2D eigenvalue weighted by molar-refractivity contribution is 5.33. The molecule has 1 aromatic rings. The summed E-state index contributed by atoms with van der Waals surface area (Å²) >= 11 is 0. The van der Waals surface area contributed by atoms with Gasteiger partial charge in [0.25, 0.3) is 0 Å². The van der Waals surface area contributed by atoms with Crippen molar-refractivity contribution in [2.45, 2.75) is 39.9 Å². The molecule has 0 aromatic heterocycles. The normalized spacial score (nSPS) is 15.1. The molecule has 4 heteroatoms. The van der Waals surface area contributed by atoms with Crippen LogP contribution in [0.1, 0.15) is 39.4 Å². The van der Waals surface area contributed by atoms with Crippen molar-refractivity contribution < 1.29 is 19.0 Å². The van der Waals surface area contributed by atoms with E-state index in [9.17, 15) is 9.50 Å². The fourth-order valence-electron chi connectivity index (χ4n) is 2.07. The minimum absolute atomic E-state index is 0.126. The van der Waals surface area contributed by atoms with Gasteiger partial charge in [-0.3, -0.25) is 0 Å². The third-order valence-corrected chi connectivity index (χ3v) is 3.02. The third-order valence-electron chi connectivity index (χ3n) is 3.02. The van der Waals surface area contributed by atoms with Crippen molar-refractivity contribution in [2.75, 3.05) is 13.7 Å². The topological polar surface area (TPSA) is 38.7 Å². The van der Waals surface area contributed by atoms with Crippen molar-refractivity contribution in [3.05, 3.63) is 29.6 Å². The molecule has 0 saturated carbocycles. The summed E-state index contributed by atoms with van der Waals surface area (Å²) in [6.07, 6.45) is -1.52. The average Bonchev–Trinajstić information content (AvgIpc) is 2.34. The predicted molar refractivity (Wildman–Crippen MR) is 72.8 cm³/mol. The maximum atomic E-state index is 14.2. The summed E-state index contributed by atoms with van der Waals surface area (Å²) in [6, 6.07) is 4.74. The summed E-state index contributed by atoms with van der Waals surface area (Å²) in [4.78, 5) is 0. The molecule has 0 amide bonds. The number of hydrogen-bond acceptors (Lipinski definition) is 3. The summed E-state index contributed by atoms with van der Waals surface area (Å²) in [5.41, 5.74) is -0.0991. The van der Waals surface area contributed by atoms with Crippen LogP contribution in [0.25, 0.3) is 0 Å². The van der Waals surface area contributed by atoms with Gasteiger partial charge < -0.3 is 14.6 Å². The second-order valence-electron chi connectivity index (χ2n) is 5.55. The van der Waals surface area contributed by atoms with Crippen LogP contribution in [-0.4, -0.2) is 24.9 Å². The Bertz CT molecular complexity index is 412. The molecule has 1 aromatic carbocycles. The van der Waals surface area contributed by atoms with E-state index in [-0.39, 0.29) is 16.7 Å². The Morgan fingerprint density at radius 3 is 2.42 bits per heavy atom. The van der Waals surface area contributed by atoms with Crippen LogP contribution >= 0.6 is 0 Å². The molecule has 0 heterocycles. The summed E-state index contributed by atoms with van der Waals surface area (Å²) in [7, 11) is 1.40. The van der Waals surface area contributed by atoms with Crippen molar-refractivity contribution in [3.8, 4) is 5.75 Å². The van der Waals surface area contributed by atoms with Crippen molar-refractivity contribution in [3.63, 3.8) is 0 Å². The Morgan fingerprint density at radius 2 is 1.95 bits per heavy atom. The Balaban J connectivity index is 3.13. The van der Waals surface area contributed by atoms with Gasteiger partial charge in [-0.15, -0.1) is 0 Å². The van der Waals surface area contributed by atoms with Crippen LogP contribution < -0.4 is 4.74 Å². The van der Waals surface area contributed by atoms with E-state index in [1.165, 1.54) is 13.2 Å². The average molecular weight is 270 g/mol. The fourth-order valence-corrected chi connectivity index (χ4v) is 2.07. The first-order chi connectivity index (χ1) is 8.82. The monoisotopic (exact) mass is 270 g/mol. The maximum absolute atomic E-state index is 14.2. The Labute approximate surface area is 114 Å². The van der Waals surface area contributed by atoms with Crippen LogP contribution in [0.2, 0.25) is 0 Å². The number of halogens is 1. The van der Waals surface area contributed by atoms with Gasteiger partial charge in [0.15, 0.2) is 11.6 Å². The van der Waals surface area contributed by atoms with Crippen LogP contribution in [0.4, 0.5) is 4.39 Å². The first kappa shape index (κ1) is 15.9. The van der Waals surface area contributed by atoms with Crippen molar-refractivity contribution >= 4 is 0 Å². The zero-order chi connectivity index (χ0) is 14.6. The van der Waals surface area contributed by atoms with Gasteiger partial charge >= 0.3 is 0 Å². The lowest BCUT2D eigenvalue weighted by Gasteiger charge is -2.34. The molecule has 108 valence electrons. The predicted octanol–water partition coefficient (Wildman–Crippen LogP) is 3.32. The molecule has 19 heavy (non-hydrogen) atoms. The Kier molecular flexibility index (Phi) is 5.32. The molecule has 0 spiro atoms. The Morgan fingerprint density at radius 1 is 1.32 bits per heavy atom. The lowest BCUT2D eigenvalue weighted by molar-refractivity contribution is -0.0909. The van der Waals surface area contributed by atoms with Gasteiger partial charge in [-0.25, -0.2) is 4.39 Å². The molecule has 0 saturated heterocycles. The van der Waals surface area contributed by atoms with E-state index in [4.69, 9.17) is 9.47 Å². The van der Waals surface area contributed by atoms with Gasteiger partial charge in [-0.1, -0.05) is 32.9 Å². The van der Waals surface area contributed by atoms with E-state index in [2.05, 4.69) is 0 Å². The number of hydrogen-bond donors (Lipinski definition) is 1. The molecule has 0 aliphatic carbocycles. The highest BCUT2D eigenvalue weighted by Gasteiger charge is 2.34. The molecular formula is C15H23FO3. The minimum Gasteiger partial charge on any atom is -0.494 e. The van der Waals surface area contributed by atoms with Gasteiger partial charge in [-0.05, 0) is 18.4 Å². The number of aliphatic hydroxyl groups excluding tert-OH is 1. The second kappa shape index (κ2) is 6.35. The molecule has 2 atom stereocenters. The molecule has 1 rings (SSSR count). The molecule has 0 aliphatic rings.